The molecule has 0 spiro atoms. The fourth-order valence-electron chi connectivity index (χ4n) is 4.46. The van der Waals surface area contributed by atoms with Crippen LogP contribution < -0.4 is 21.4 Å². The van der Waals surface area contributed by atoms with Crippen molar-refractivity contribution in [3.63, 3.8) is 0 Å². The van der Waals surface area contributed by atoms with Crippen molar-refractivity contribution in [2.75, 3.05) is 70.0 Å². The Hall–Kier alpha value is -4.84. The highest BCUT2D eigenvalue weighted by molar-refractivity contribution is 7.94. The lowest BCUT2D eigenvalue weighted by Crippen LogP contribution is -2.19. The highest BCUT2D eigenvalue weighted by Gasteiger charge is 2.18. The minimum Gasteiger partial charge on any atom is -0.383 e. The molecule has 6 N–H and O–H groups in total. The maximum atomic E-state index is 13.4. The third-order valence-electron chi connectivity index (χ3n) is 7.95. The number of likely N-dealkylation sites (N-methyl/N-ethyl adjacent to an activating group) is 1. The van der Waals surface area contributed by atoms with Crippen LogP contribution in [0.15, 0.2) is 89.5 Å². The first-order valence-corrected chi connectivity index (χ1v) is 22.5. The number of nitriles is 2. The summed E-state index contributed by atoms with van der Waals surface area (Å²) >= 11 is 0.368. The summed E-state index contributed by atoms with van der Waals surface area (Å²) in [6.07, 6.45) is 6.18. The van der Waals surface area contributed by atoms with Crippen molar-refractivity contribution in [3.05, 3.63) is 70.2 Å². The van der Waals surface area contributed by atoms with Crippen molar-refractivity contribution in [2.45, 2.75) is 62.7 Å². The molecule has 4 rings (SSSR count). The largest absolute Gasteiger partial charge is 0.383 e. The van der Waals surface area contributed by atoms with Crippen molar-refractivity contribution in [2.24, 2.45) is 26.4 Å². The number of nitrogens with one attached hydrogen (secondary N) is 4. The Bertz CT molecular complexity index is 2080. The third kappa shape index (κ3) is 20.9. The number of anilines is 2. The summed E-state index contributed by atoms with van der Waals surface area (Å²) in [6.45, 7) is 12.2. The molecular formula is C39H56N10O8S3. The van der Waals surface area contributed by atoms with Crippen LogP contribution in [0.25, 0.3) is 0 Å². The van der Waals surface area contributed by atoms with Gasteiger partial charge in [0.1, 0.15) is 29.0 Å². The molecule has 60 heavy (non-hydrogen) atoms. The average molecular weight is 889 g/mol. The summed E-state index contributed by atoms with van der Waals surface area (Å²) in [5.74, 6) is 1.79. The summed E-state index contributed by atoms with van der Waals surface area (Å²) in [5.41, 5.74) is -0.186. The first-order valence-electron chi connectivity index (χ1n) is 18.9. The van der Waals surface area contributed by atoms with E-state index in [0.717, 1.165) is 31.9 Å². The molecule has 1 atom stereocenters. The van der Waals surface area contributed by atoms with E-state index in [2.05, 4.69) is 54.9 Å². The van der Waals surface area contributed by atoms with Crippen LogP contribution in [0.4, 0.5) is 34.4 Å². The van der Waals surface area contributed by atoms with Gasteiger partial charge in [-0.05, 0) is 67.3 Å². The molecule has 1 saturated carbocycles. The maximum absolute atomic E-state index is 13.4. The smallest absolute Gasteiger partial charge is 0.294 e. The quantitative estimate of drug-likeness (QED) is 0.0253. The maximum Gasteiger partial charge on any atom is 0.294 e. The van der Waals surface area contributed by atoms with Crippen molar-refractivity contribution in [1.29, 1.82) is 10.5 Å². The van der Waals surface area contributed by atoms with Crippen LogP contribution >= 0.6 is 12.0 Å². The zero-order chi connectivity index (χ0) is 44.8. The molecule has 0 radical (unpaired) electrons. The van der Waals surface area contributed by atoms with E-state index in [4.69, 9.17) is 19.3 Å². The molecule has 1 heterocycles. The van der Waals surface area contributed by atoms with Gasteiger partial charge in [-0.2, -0.15) is 29.2 Å². The van der Waals surface area contributed by atoms with Gasteiger partial charge in [0.05, 0.1) is 52.8 Å². The normalized spacial score (nSPS) is 12.6. The molecule has 2 aromatic carbocycles. The Balaban J connectivity index is 0.00000109. The highest BCUT2D eigenvalue weighted by atomic mass is 32.2. The number of rotatable bonds is 21. The number of azo groups is 2. The van der Waals surface area contributed by atoms with Crippen LogP contribution in [-0.4, -0.2) is 86.1 Å². The molecule has 0 saturated heterocycles. The number of benzene rings is 2. The molecule has 0 aliphatic heterocycles. The SMILES string of the molecule is C=CS(=O)CCOCCNc1[nH]c(NCCCC)c(C#N)c(=O)c1N=Nc1ccc(N=Nc2ccc(S(=O)(=O)O)cc2)cc1SO.CC#N.CC1CCC1.CNCCOC. The summed E-state index contributed by atoms with van der Waals surface area (Å²) in [6, 6.07) is 13.2. The summed E-state index contributed by atoms with van der Waals surface area (Å²) < 4.78 is 63.1. The molecule has 0 amide bonds. The number of methoxy groups -OCH3 is 1. The summed E-state index contributed by atoms with van der Waals surface area (Å²) in [7, 11) is -1.92. The van der Waals surface area contributed by atoms with Gasteiger partial charge in [-0.25, -0.2) is 0 Å². The lowest BCUT2D eigenvalue weighted by molar-refractivity contribution is 0.160. The van der Waals surface area contributed by atoms with Crippen molar-refractivity contribution < 1.29 is 31.2 Å². The minimum absolute atomic E-state index is 0.170. The monoisotopic (exact) mass is 888 g/mol. The highest BCUT2D eigenvalue weighted by Crippen LogP contribution is 2.34. The molecule has 1 unspecified atom stereocenters. The van der Waals surface area contributed by atoms with Crippen molar-refractivity contribution >= 4 is 67.3 Å². The van der Waals surface area contributed by atoms with Gasteiger partial charge in [0.15, 0.2) is 5.69 Å². The number of aromatic nitrogens is 1. The molecule has 18 nitrogen and oxygen atoms in total. The zero-order valence-electron chi connectivity index (χ0n) is 34.6. The third-order valence-corrected chi connectivity index (χ3v) is 10.3. The van der Waals surface area contributed by atoms with Gasteiger partial charge in [0.2, 0.25) is 5.43 Å². The molecular weight excluding hydrogens is 833 g/mol. The second-order valence-electron chi connectivity index (χ2n) is 12.6. The van der Waals surface area contributed by atoms with E-state index in [1.54, 1.807) is 13.2 Å². The van der Waals surface area contributed by atoms with Crippen LogP contribution in [0.3, 0.4) is 0 Å². The van der Waals surface area contributed by atoms with E-state index in [9.17, 15) is 27.2 Å². The van der Waals surface area contributed by atoms with Gasteiger partial charge in [-0.15, -0.1) is 10.2 Å². The molecule has 328 valence electrons. The number of hydrogen-bond donors (Lipinski definition) is 6. The molecule has 1 aromatic heterocycles. The van der Waals surface area contributed by atoms with Crippen molar-refractivity contribution in [1.82, 2.24) is 10.3 Å². The average Bonchev–Trinajstić information content (AvgIpc) is 3.23. The van der Waals surface area contributed by atoms with E-state index in [0.29, 0.717) is 35.7 Å². The van der Waals surface area contributed by atoms with Gasteiger partial charge in [0.25, 0.3) is 10.1 Å². The van der Waals surface area contributed by atoms with Crippen LogP contribution in [0, 0.1) is 28.6 Å². The van der Waals surface area contributed by atoms with E-state index < -0.39 is 26.3 Å². The number of pyridine rings is 1. The lowest BCUT2D eigenvalue weighted by Gasteiger charge is -2.18. The second-order valence-corrected chi connectivity index (χ2v) is 16.1. The molecule has 21 heteroatoms. The van der Waals surface area contributed by atoms with E-state index in [1.165, 1.54) is 74.1 Å². The Morgan fingerprint density at radius 3 is 2.17 bits per heavy atom. The molecule has 1 aliphatic carbocycles. The fraction of sp³-hybridized carbons (Fsp3) is 0.462. The van der Waals surface area contributed by atoms with Crippen LogP contribution in [0.1, 0.15) is 58.4 Å². The lowest BCUT2D eigenvalue weighted by atomic mass is 9.88. The molecule has 0 bridgehead atoms. The van der Waals surface area contributed by atoms with Crippen LogP contribution in [0.2, 0.25) is 0 Å². The Morgan fingerprint density at radius 2 is 1.65 bits per heavy atom. The van der Waals surface area contributed by atoms with Gasteiger partial charge < -0.3 is 35.0 Å². The molecule has 1 aliphatic rings. The van der Waals surface area contributed by atoms with E-state index >= 15 is 0 Å². The van der Waals surface area contributed by atoms with Gasteiger partial charge in [-0.1, -0.05) is 46.1 Å². The van der Waals surface area contributed by atoms with Crippen LogP contribution in [-0.2, 0) is 30.4 Å². The Morgan fingerprint density at radius 1 is 1.02 bits per heavy atom. The van der Waals surface area contributed by atoms with E-state index in [-0.39, 0.29) is 58.1 Å². The fourth-order valence-corrected chi connectivity index (χ4v) is 5.77. The standard InChI is InChI=1S/C28H32N8O7S3.C5H10.C4H11NO.C2H3N/c1-3-5-12-30-27-22(18-29)26(37)25(28(32-27)31-13-14-43-15-16-45(39)4-2)36-35-23-11-8-20(17-24(23)44-38)34-33-19-6-9-21(10-7-19)46(40,41)42;1-5-3-2-4-5;1-5-3-4-6-2;1-2-3/h4,6-11,17,38H,2-3,5,12-16H2,1H3,(H,40,41,42)(H3,30,31,32,37);5H,2-4H2,1H3;5H,3-4H2,1-2H3;1H3. The van der Waals surface area contributed by atoms with Gasteiger partial charge >= 0.3 is 0 Å². The summed E-state index contributed by atoms with van der Waals surface area (Å²) in [5, 5.41) is 43.8. The predicted molar refractivity (Wildman–Crippen MR) is 237 cm³/mol. The number of aromatic amines is 1. The zero-order valence-corrected chi connectivity index (χ0v) is 37.1. The molecule has 1 fully saturated rings. The first kappa shape index (κ1) is 53.2. The minimum atomic E-state index is -4.34. The van der Waals surface area contributed by atoms with Gasteiger partial charge in [0, 0.05) is 56.5 Å². The van der Waals surface area contributed by atoms with Crippen LogP contribution in [0.5, 0.6) is 0 Å². The Kier molecular flexibility index (Phi) is 27.6. The number of nitrogens with zero attached hydrogens (tertiary/aromatic N) is 6. The number of ether oxygens (including phenoxy) is 2. The topological polar surface area (TPSA) is 276 Å². The second kappa shape index (κ2) is 31.1. The predicted octanol–water partition coefficient (Wildman–Crippen LogP) is 8.61. The number of unbranched alkanes of at least 4 members (excludes halogenated alkanes) is 1. The van der Waals surface area contributed by atoms with Gasteiger partial charge in [-0.3, -0.25) is 13.6 Å². The number of hydrogen-bond acceptors (Lipinski definition) is 17. The Labute approximate surface area is 359 Å². The molecule has 3 aromatic rings. The first-order chi connectivity index (χ1) is 28.8. The summed E-state index contributed by atoms with van der Waals surface area (Å²) in [4.78, 5) is 16.3. The van der Waals surface area contributed by atoms with Crippen molar-refractivity contribution in [3.8, 4) is 12.1 Å². The van der Waals surface area contributed by atoms with E-state index in [1.807, 2.05) is 20.0 Å². The number of H-pyrrole nitrogens is 1.